The first-order chi connectivity index (χ1) is 6.68. The van der Waals surface area contributed by atoms with E-state index in [1.54, 1.807) is 0 Å². The van der Waals surface area contributed by atoms with Crippen LogP contribution in [0.1, 0.15) is 18.4 Å². The van der Waals surface area contributed by atoms with E-state index in [0.717, 1.165) is 17.1 Å². The van der Waals surface area contributed by atoms with E-state index < -0.39 is 0 Å². The highest BCUT2D eigenvalue weighted by atomic mass is 32.1. The maximum Gasteiger partial charge on any atom is 0.0449 e. The molecule has 76 valence electrons. The topological polar surface area (TPSA) is 38.0 Å². The summed E-state index contributed by atoms with van der Waals surface area (Å²) in [6, 6.07) is 6.18. The van der Waals surface area contributed by atoms with Gasteiger partial charge in [-0.1, -0.05) is 6.07 Å². The van der Waals surface area contributed by atoms with Gasteiger partial charge >= 0.3 is 0 Å². The second-order valence-electron chi connectivity index (χ2n) is 4.08. The molecule has 2 rings (SSSR count). The number of hydrogen-bond donors (Lipinski definition) is 3. The third-order valence-corrected chi connectivity index (χ3v) is 3.40. The molecule has 1 aromatic rings. The van der Waals surface area contributed by atoms with Gasteiger partial charge in [-0.25, -0.2) is 0 Å². The van der Waals surface area contributed by atoms with Crippen molar-refractivity contribution in [3.63, 3.8) is 0 Å². The molecule has 1 aromatic carbocycles. The summed E-state index contributed by atoms with van der Waals surface area (Å²) in [5.41, 5.74) is 8.22. The lowest BCUT2D eigenvalue weighted by Gasteiger charge is -2.16. The number of anilines is 1. The minimum absolute atomic E-state index is 0.361. The van der Waals surface area contributed by atoms with Crippen LogP contribution in [0.2, 0.25) is 0 Å². The van der Waals surface area contributed by atoms with Crippen LogP contribution in [0.15, 0.2) is 23.1 Å². The van der Waals surface area contributed by atoms with Crippen molar-refractivity contribution in [2.24, 2.45) is 0 Å². The average molecular weight is 208 g/mol. The summed E-state index contributed by atoms with van der Waals surface area (Å²) < 4.78 is 0. The third kappa shape index (κ3) is 1.62. The van der Waals surface area contributed by atoms with Crippen molar-refractivity contribution >= 4 is 18.3 Å². The normalized spacial score (nSPS) is 18.1. The zero-order chi connectivity index (χ0) is 10.2. The molecule has 2 nitrogen and oxygen atoms in total. The van der Waals surface area contributed by atoms with Crippen LogP contribution < -0.4 is 11.1 Å². The fourth-order valence-corrected chi connectivity index (χ4v) is 2.14. The molecule has 1 fully saturated rings. The molecule has 0 saturated heterocycles. The smallest absolute Gasteiger partial charge is 0.0449 e. The molecule has 0 unspecified atom stereocenters. The van der Waals surface area contributed by atoms with Crippen molar-refractivity contribution in [3.05, 3.63) is 23.8 Å². The van der Waals surface area contributed by atoms with Crippen LogP contribution in [-0.4, -0.2) is 13.6 Å². The summed E-state index contributed by atoms with van der Waals surface area (Å²) in [6.45, 7) is 1.05. The number of rotatable bonds is 3. The molecule has 0 aromatic heterocycles. The van der Waals surface area contributed by atoms with E-state index in [-0.39, 0.29) is 0 Å². The average Bonchev–Trinajstić information content (AvgIpc) is 2.91. The number of hydrogen-bond acceptors (Lipinski definition) is 3. The van der Waals surface area contributed by atoms with E-state index in [0.29, 0.717) is 5.41 Å². The van der Waals surface area contributed by atoms with E-state index in [1.807, 2.05) is 13.1 Å². The Kier molecular flexibility index (Phi) is 2.45. The molecule has 0 amide bonds. The molecule has 0 heterocycles. The van der Waals surface area contributed by atoms with Gasteiger partial charge in [0.05, 0.1) is 0 Å². The molecular weight excluding hydrogens is 192 g/mol. The first-order valence-corrected chi connectivity index (χ1v) is 5.36. The van der Waals surface area contributed by atoms with E-state index in [9.17, 15) is 0 Å². The van der Waals surface area contributed by atoms with Gasteiger partial charge in [-0.3, -0.25) is 0 Å². The van der Waals surface area contributed by atoms with Crippen LogP contribution in [0.25, 0.3) is 0 Å². The number of likely N-dealkylation sites (N-methyl/N-ethyl adjacent to an activating group) is 1. The van der Waals surface area contributed by atoms with Crippen molar-refractivity contribution in [2.45, 2.75) is 23.2 Å². The van der Waals surface area contributed by atoms with E-state index in [2.05, 4.69) is 30.1 Å². The summed E-state index contributed by atoms with van der Waals surface area (Å²) in [5, 5.41) is 3.25. The summed E-state index contributed by atoms with van der Waals surface area (Å²) in [4.78, 5) is 0.893. The van der Waals surface area contributed by atoms with Crippen LogP contribution in [-0.2, 0) is 5.41 Å². The predicted molar refractivity (Wildman–Crippen MR) is 62.9 cm³/mol. The molecule has 1 saturated carbocycles. The summed E-state index contributed by atoms with van der Waals surface area (Å²) in [5.74, 6) is 0. The minimum atomic E-state index is 0.361. The van der Waals surface area contributed by atoms with E-state index >= 15 is 0 Å². The van der Waals surface area contributed by atoms with Gasteiger partial charge in [0, 0.05) is 22.5 Å². The molecule has 1 aliphatic carbocycles. The van der Waals surface area contributed by atoms with Gasteiger partial charge in [-0.15, -0.1) is 12.6 Å². The van der Waals surface area contributed by atoms with Gasteiger partial charge in [-0.2, -0.15) is 0 Å². The quantitative estimate of drug-likeness (QED) is 0.523. The molecule has 3 N–H and O–H groups in total. The molecule has 0 bridgehead atoms. The highest BCUT2D eigenvalue weighted by Crippen LogP contribution is 2.48. The lowest BCUT2D eigenvalue weighted by molar-refractivity contribution is 0.623. The van der Waals surface area contributed by atoms with Crippen molar-refractivity contribution < 1.29 is 0 Å². The number of nitrogen functional groups attached to an aromatic ring is 1. The lowest BCUT2D eigenvalue weighted by Crippen LogP contribution is -2.23. The van der Waals surface area contributed by atoms with Gasteiger partial charge in [-0.05, 0) is 37.6 Å². The van der Waals surface area contributed by atoms with Gasteiger partial charge in [0.2, 0.25) is 0 Å². The first-order valence-electron chi connectivity index (χ1n) is 4.91. The maximum atomic E-state index is 5.73. The number of benzene rings is 1. The Labute approximate surface area is 90.3 Å². The monoisotopic (exact) mass is 208 g/mol. The van der Waals surface area contributed by atoms with Gasteiger partial charge in [0.25, 0.3) is 0 Å². The third-order valence-electron chi connectivity index (χ3n) is 3.01. The SMILES string of the molecule is CNCC1(c2ccc(N)c(S)c2)CC1. The summed E-state index contributed by atoms with van der Waals surface area (Å²) in [6.07, 6.45) is 2.54. The van der Waals surface area contributed by atoms with Gasteiger partial charge < -0.3 is 11.1 Å². The number of nitrogens with two attached hydrogens (primary N) is 1. The van der Waals surface area contributed by atoms with E-state index in [4.69, 9.17) is 5.73 Å². The molecule has 0 atom stereocenters. The van der Waals surface area contributed by atoms with Crippen LogP contribution in [0, 0.1) is 0 Å². The van der Waals surface area contributed by atoms with Gasteiger partial charge in [0.15, 0.2) is 0 Å². The molecule has 14 heavy (non-hydrogen) atoms. The van der Waals surface area contributed by atoms with Gasteiger partial charge in [0.1, 0.15) is 0 Å². The largest absolute Gasteiger partial charge is 0.398 e. The van der Waals surface area contributed by atoms with Crippen LogP contribution in [0.4, 0.5) is 5.69 Å². The molecule has 3 heteroatoms. The van der Waals surface area contributed by atoms with Crippen LogP contribution >= 0.6 is 12.6 Å². The lowest BCUT2D eigenvalue weighted by atomic mass is 9.96. The second kappa shape index (κ2) is 3.48. The highest BCUT2D eigenvalue weighted by Gasteiger charge is 2.43. The Morgan fingerprint density at radius 1 is 1.50 bits per heavy atom. The number of thiol groups is 1. The molecule has 0 aliphatic heterocycles. The van der Waals surface area contributed by atoms with Crippen molar-refractivity contribution in [1.82, 2.24) is 5.32 Å². The molecular formula is C11H16N2S. The standard InChI is InChI=1S/C11H16N2S/c1-13-7-11(4-5-11)8-2-3-9(12)10(14)6-8/h2-3,6,13-14H,4-5,7,12H2,1H3. The fraction of sp³-hybridized carbons (Fsp3) is 0.455. The molecule has 0 spiro atoms. The Balaban J connectivity index is 2.28. The summed E-state index contributed by atoms with van der Waals surface area (Å²) >= 11 is 4.35. The molecule has 0 radical (unpaired) electrons. The maximum absolute atomic E-state index is 5.73. The van der Waals surface area contributed by atoms with Crippen molar-refractivity contribution in [1.29, 1.82) is 0 Å². The zero-order valence-electron chi connectivity index (χ0n) is 8.38. The Morgan fingerprint density at radius 3 is 2.71 bits per heavy atom. The first kappa shape index (κ1) is 9.87. The van der Waals surface area contributed by atoms with E-state index in [1.165, 1.54) is 18.4 Å². The minimum Gasteiger partial charge on any atom is -0.398 e. The predicted octanol–water partition coefficient (Wildman–Crippen LogP) is 1.81. The fourth-order valence-electron chi connectivity index (χ4n) is 1.93. The second-order valence-corrected chi connectivity index (χ2v) is 4.57. The summed E-state index contributed by atoms with van der Waals surface area (Å²) in [7, 11) is 2.00. The van der Waals surface area contributed by atoms with Crippen LogP contribution in [0.3, 0.4) is 0 Å². The Bertz CT molecular complexity index is 345. The van der Waals surface area contributed by atoms with Crippen molar-refractivity contribution in [3.8, 4) is 0 Å². The van der Waals surface area contributed by atoms with Crippen molar-refractivity contribution in [2.75, 3.05) is 19.3 Å². The molecule has 1 aliphatic rings. The zero-order valence-corrected chi connectivity index (χ0v) is 9.27. The van der Waals surface area contributed by atoms with Crippen LogP contribution in [0.5, 0.6) is 0 Å². The highest BCUT2D eigenvalue weighted by molar-refractivity contribution is 7.80. The Morgan fingerprint density at radius 2 is 2.21 bits per heavy atom. The number of nitrogens with one attached hydrogen (secondary N) is 1. The Hall–Kier alpha value is -0.670.